The first-order chi connectivity index (χ1) is 9.14. The fourth-order valence-electron chi connectivity index (χ4n) is 3.38. The monoisotopic (exact) mass is 269 g/mol. The molecule has 0 aromatic rings. The first-order valence-corrected chi connectivity index (χ1v) is 8.09. The van der Waals surface area contributed by atoms with Crippen molar-refractivity contribution in [3.05, 3.63) is 0 Å². The van der Waals surface area contributed by atoms with Gasteiger partial charge in [-0.05, 0) is 55.3 Å². The van der Waals surface area contributed by atoms with Crippen LogP contribution in [0.3, 0.4) is 0 Å². The number of hydrogen-bond donors (Lipinski definition) is 1. The van der Waals surface area contributed by atoms with E-state index in [9.17, 15) is 0 Å². The molecule has 4 aliphatic rings. The van der Waals surface area contributed by atoms with E-state index in [4.69, 9.17) is 15.2 Å². The molecule has 2 aliphatic heterocycles. The topological polar surface area (TPSA) is 44.5 Å². The summed E-state index contributed by atoms with van der Waals surface area (Å²) in [5.41, 5.74) is 6.86. The van der Waals surface area contributed by atoms with Crippen molar-refractivity contribution in [1.82, 2.24) is 0 Å². The maximum Gasteiger partial charge on any atom is 0.106 e. The zero-order valence-corrected chi connectivity index (χ0v) is 12.9. The maximum absolute atomic E-state index is 5.53. The standard InChI is InChI=1S/C8H14O.C6H11NO.C2H6/c1-7-6-8(7)2-4-9-5-3-8;7-5-3-6(1-2-6)4-8-5;1-2/h7H,2-6H2,1H3;5H,1-4,7H2;1-2H3. The van der Waals surface area contributed by atoms with Gasteiger partial charge in [-0.1, -0.05) is 20.8 Å². The Hall–Kier alpha value is -0.120. The molecule has 0 radical (unpaired) electrons. The lowest BCUT2D eigenvalue weighted by molar-refractivity contribution is 0.0530. The van der Waals surface area contributed by atoms with Crippen LogP contribution in [0.2, 0.25) is 0 Å². The van der Waals surface area contributed by atoms with Crippen LogP contribution in [0.15, 0.2) is 0 Å². The fourth-order valence-corrected chi connectivity index (χ4v) is 3.38. The number of nitrogens with two attached hydrogens (primary N) is 1. The zero-order valence-electron chi connectivity index (χ0n) is 12.9. The largest absolute Gasteiger partial charge is 0.381 e. The molecule has 4 fully saturated rings. The van der Waals surface area contributed by atoms with Crippen molar-refractivity contribution in [3.63, 3.8) is 0 Å². The van der Waals surface area contributed by atoms with Crippen LogP contribution >= 0.6 is 0 Å². The molecule has 3 heteroatoms. The van der Waals surface area contributed by atoms with Crippen molar-refractivity contribution in [2.45, 2.75) is 65.5 Å². The summed E-state index contributed by atoms with van der Waals surface area (Å²) < 4.78 is 10.5. The lowest BCUT2D eigenvalue weighted by atomic mass is 9.94. The molecule has 2 heterocycles. The highest BCUT2D eigenvalue weighted by molar-refractivity contribution is 5.00. The Morgan fingerprint density at radius 2 is 1.58 bits per heavy atom. The van der Waals surface area contributed by atoms with Gasteiger partial charge < -0.3 is 15.2 Å². The van der Waals surface area contributed by atoms with Gasteiger partial charge >= 0.3 is 0 Å². The lowest BCUT2D eigenvalue weighted by Crippen LogP contribution is -2.17. The summed E-state index contributed by atoms with van der Waals surface area (Å²) in [4.78, 5) is 0. The van der Waals surface area contributed by atoms with Gasteiger partial charge in [0.1, 0.15) is 6.23 Å². The Morgan fingerprint density at radius 3 is 1.84 bits per heavy atom. The van der Waals surface area contributed by atoms with E-state index in [0.717, 1.165) is 37.6 Å². The Labute approximate surface area is 118 Å². The Bertz CT molecular complexity index is 282. The van der Waals surface area contributed by atoms with Gasteiger partial charge in [-0.3, -0.25) is 0 Å². The molecule has 0 bridgehead atoms. The summed E-state index contributed by atoms with van der Waals surface area (Å²) in [7, 11) is 0. The molecule has 2 atom stereocenters. The minimum absolute atomic E-state index is 0.0532. The van der Waals surface area contributed by atoms with Gasteiger partial charge in [0.15, 0.2) is 0 Å². The molecule has 0 aromatic heterocycles. The number of ether oxygens (including phenoxy) is 2. The zero-order chi connectivity index (χ0) is 13.9. The third-order valence-electron chi connectivity index (χ3n) is 5.28. The Kier molecular flexibility index (Phi) is 4.91. The fraction of sp³-hybridized carbons (Fsp3) is 1.00. The van der Waals surface area contributed by atoms with Crippen LogP contribution in [0.4, 0.5) is 0 Å². The second-order valence-corrected chi connectivity index (χ2v) is 6.63. The van der Waals surface area contributed by atoms with E-state index in [1.54, 1.807) is 0 Å². The molecule has 2 unspecified atom stereocenters. The second kappa shape index (κ2) is 6.11. The highest BCUT2D eigenvalue weighted by Crippen LogP contribution is 2.58. The van der Waals surface area contributed by atoms with Gasteiger partial charge in [0.25, 0.3) is 0 Å². The third-order valence-corrected chi connectivity index (χ3v) is 5.28. The first-order valence-electron chi connectivity index (χ1n) is 8.09. The summed E-state index contributed by atoms with van der Waals surface area (Å²) in [5.74, 6) is 1.00. The minimum atomic E-state index is 0.0532. The van der Waals surface area contributed by atoms with E-state index in [1.165, 1.54) is 32.1 Å². The highest BCUT2D eigenvalue weighted by atomic mass is 16.5. The summed E-state index contributed by atoms with van der Waals surface area (Å²) in [6.07, 6.45) is 7.98. The van der Waals surface area contributed by atoms with Crippen LogP contribution in [0, 0.1) is 16.7 Å². The number of hydrogen-bond acceptors (Lipinski definition) is 3. The van der Waals surface area contributed by atoms with Crippen LogP contribution in [0.1, 0.15) is 59.3 Å². The predicted octanol–water partition coefficient (Wildman–Crippen LogP) is 3.32. The third kappa shape index (κ3) is 3.71. The quantitative estimate of drug-likeness (QED) is 0.733. The maximum atomic E-state index is 5.53. The molecule has 2 N–H and O–H groups in total. The molecule has 3 nitrogen and oxygen atoms in total. The van der Waals surface area contributed by atoms with E-state index in [-0.39, 0.29) is 6.23 Å². The van der Waals surface area contributed by atoms with Crippen molar-refractivity contribution in [2.24, 2.45) is 22.5 Å². The minimum Gasteiger partial charge on any atom is -0.381 e. The number of rotatable bonds is 0. The van der Waals surface area contributed by atoms with E-state index in [2.05, 4.69) is 6.92 Å². The van der Waals surface area contributed by atoms with E-state index >= 15 is 0 Å². The average molecular weight is 269 g/mol. The van der Waals surface area contributed by atoms with Gasteiger partial charge in [0.2, 0.25) is 0 Å². The van der Waals surface area contributed by atoms with Gasteiger partial charge in [0.05, 0.1) is 6.61 Å². The molecule has 0 aromatic carbocycles. The molecular formula is C16H31NO2. The van der Waals surface area contributed by atoms with Crippen molar-refractivity contribution >= 4 is 0 Å². The SMILES string of the molecule is CC.CC1CC12CCOCC2.NC1CC2(CC2)CO1. The summed E-state index contributed by atoms with van der Waals surface area (Å²) in [6, 6.07) is 0. The van der Waals surface area contributed by atoms with Crippen LogP contribution in [0.5, 0.6) is 0 Å². The highest BCUT2D eigenvalue weighted by Gasteiger charge is 2.51. The van der Waals surface area contributed by atoms with Crippen LogP contribution < -0.4 is 5.73 Å². The predicted molar refractivity (Wildman–Crippen MR) is 77.8 cm³/mol. The average Bonchev–Trinajstić information content (AvgIpc) is 3.27. The van der Waals surface area contributed by atoms with Gasteiger partial charge in [-0.15, -0.1) is 0 Å². The summed E-state index contributed by atoms with van der Waals surface area (Å²) in [5, 5.41) is 0. The van der Waals surface area contributed by atoms with E-state index < -0.39 is 0 Å². The first kappa shape index (κ1) is 15.3. The van der Waals surface area contributed by atoms with E-state index in [0.29, 0.717) is 5.41 Å². The second-order valence-electron chi connectivity index (χ2n) is 6.63. The molecular weight excluding hydrogens is 238 g/mol. The summed E-state index contributed by atoms with van der Waals surface area (Å²) >= 11 is 0. The van der Waals surface area contributed by atoms with Crippen molar-refractivity contribution < 1.29 is 9.47 Å². The normalized spacial score (nSPS) is 36.0. The van der Waals surface area contributed by atoms with Crippen LogP contribution in [-0.4, -0.2) is 26.0 Å². The van der Waals surface area contributed by atoms with Gasteiger partial charge in [-0.2, -0.15) is 0 Å². The molecule has 2 spiro atoms. The van der Waals surface area contributed by atoms with Crippen molar-refractivity contribution in [3.8, 4) is 0 Å². The van der Waals surface area contributed by atoms with Crippen LogP contribution in [0.25, 0.3) is 0 Å². The molecule has 4 rings (SSSR count). The Morgan fingerprint density at radius 1 is 1.00 bits per heavy atom. The molecule has 2 saturated heterocycles. The molecule has 19 heavy (non-hydrogen) atoms. The van der Waals surface area contributed by atoms with Crippen LogP contribution in [-0.2, 0) is 9.47 Å². The molecule has 112 valence electrons. The van der Waals surface area contributed by atoms with Crippen molar-refractivity contribution in [1.29, 1.82) is 0 Å². The van der Waals surface area contributed by atoms with Crippen molar-refractivity contribution in [2.75, 3.05) is 19.8 Å². The van der Waals surface area contributed by atoms with Gasteiger partial charge in [-0.25, -0.2) is 0 Å². The van der Waals surface area contributed by atoms with Gasteiger partial charge in [0, 0.05) is 13.2 Å². The Balaban J connectivity index is 0.000000125. The molecule has 2 aliphatic carbocycles. The van der Waals surface area contributed by atoms with E-state index in [1.807, 2.05) is 13.8 Å². The molecule has 2 saturated carbocycles. The molecule has 0 amide bonds. The smallest absolute Gasteiger partial charge is 0.106 e. The lowest BCUT2D eigenvalue weighted by Gasteiger charge is -2.21. The summed E-state index contributed by atoms with van der Waals surface area (Å²) in [6.45, 7) is 9.33.